The van der Waals surface area contributed by atoms with E-state index in [1.165, 1.54) is 12.2 Å². The Balaban J connectivity index is 1.50. The number of anilines is 1. The van der Waals surface area contributed by atoms with E-state index in [9.17, 15) is 25.9 Å². The van der Waals surface area contributed by atoms with Gasteiger partial charge in [0.25, 0.3) is 5.52 Å². The molecule has 0 unspecified atom stereocenters. The van der Waals surface area contributed by atoms with E-state index in [1.54, 1.807) is 31.2 Å². The Bertz CT molecular complexity index is 2240. The van der Waals surface area contributed by atoms with Gasteiger partial charge in [0.1, 0.15) is 5.69 Å². The van der Waals surface area contributed by atoms with Gasteiger partial charge in [-0.1, -0.05) is 87.0 Å². The predicted octanol–water partition coefficient (Wildman–Crippen LogP) is 7.38. The number of fused-ring (bicyclic) bond motifs is 2. The van der Waals surface area contributed by atoms with Crippen molar-refractivity contribution in [1.29, 1.82) is 0 Å². The molecule has 10 nitrogen and oxygen atoms in total. The zero-order valence-electron chi connectivity index (χ0n) is 25.7. The van der Waals surface area contributed by atoms with Gasteiger partial charge in [0.15, 0.2) is 5.75 Å². The van der Waals surface area contributed by atoms with Crippen molar-refractivity contribution in [2.75, 3.05) is 4.31 Å². The first-order valence-corrected chi connectivity index (χ1v) is 17.9. The van der Waals surface area contributed by atoms with Crippen LogP contribution < -0.4 is 13.0 Å². The topological polar surface area (TPSA) is 138 Å². The summed E-state index contributed by atoms with van der Waals surface area (Å²) in [7, 11) is -9.71. The van der Waals surface area contributed by atoms with Crippen LogP contribution >= 0.6 is 0 Å². The molecule has 1 aliphatic heterocycles. The Morgan fingerprint density at radius 2 is 1.53 bits per heavy atom. The van der Waals surface area contributed by atoms with Gasteiger partial charge in [-0.2, -0.15) is 12.7 Å². The van der Waals surface area contributed by atoms with E-state index < -0.39 is 20.6 Å². The van der Waals surface area contributed by atoms with E-state index in [1.807, 2.05) is 73.7 Å². The fraction of sp³-hybridized carbons (Fsp3) is 0.171. The van der Waals surface area contributed by atoms with Crippen molar-refractivity contribution in [1.82, 2.24) is 0 Å². The summed E-state index contributed by atoms with van der Waals surface area (Å²) < 4.78 is 85.4. The number of aromatic nitrogens is 1. The van der Waals surface area contributed by atoms with E-state index >= 15 is 0 Å². The molecule has 2 N–H and O–H groups in total. The molecule has 0 fully saturated rings. The highest BCUT2D eigenvalue weighted by Crippen LogP contribution is 2.43. The summed E-state index contributed by atoms with van der Waals surface area (Å²) in [5, 5.41) is 0. The lowest BCUT2D eigenvalue weighted by molar-refractivity contribution is -0.499. The SMILES string of the molecule is CCCCc1c(-c2ccccc2)ccc2oc(C=C(C=C3Oc4ccc(-c5ccccc5)cc4N3S(=O)(=O)O)CC)[n+](S(=O)(=O)O)c12. The lowest BCUT2D eigenvalue weighted by Crippen LogP contribution is -2.44. The maximum absolute atomic E-state index is 13.0. The van der Waals surface area contributed by atoms with Gasteiger partial charge in [-0.15, -0.1) is 8.42 Å². The molecule has 0 bridgehead atoms. The number of benzene rings is 4. The molecule has 0 spiro atoms. The molecule has 0 radical (unpaired) electrons. The molecule has 6 rings (SSSR count). The second kappa shape index (κ2) is 12.8. The highest BCUT2D eigenvalue weighted by atomic mass is 32.2. The van der Waals surface area contributed by atoms with Gasteiger partial charge in [-0.25, -0.2) is 4.55 Å². The van der Waals surface area contributed by atoms with Crippen molar-refractivity contribution < 1.29 is 39.1 Å². The molecule has 0 saturated carbocycles. The van der Waals surface area contributed by atoms with Gasteiger partial charge in [0, 0.05) is 11.6 Å². The molecule has 1 aromatic heterocycles. The smallest absolute Gasteiger partial charge is 0.437 e. The van der Waals surface area contributed by atoms with Crippen LogP contribution in [0.25, 0.3) is 39.4 Å². The zero-order chi connectivity index (χ0) is 33.3. The van der Waals surface area contributed by atoms with E-state index in [0.29, 0.717) is 27.4 Å². The van der Waals surface area contributed by atoms with Crippen LogP contribution in [0.15, 0.2) is 113 Å². The summed E-state index contributed by atoms with van der Waals surface area (Å²) in [6.07, 6.45) is 5.21. The molecule has 2 heterocycles. The summed E-state index contributed by atoms with van der Waals surface area (Å²) in [6, 6.07) is 27.4. The third-order valence-electron chi connectivity index (χ3n) is 7.92. The van der Waals surface area contributed by atoms with Crippen molar-refractivity contribution >= 4 is 43.5 Å². The monoisotopic (exact) mass is 673 g/mol. The van der Waals surface area contributed by atoms with Crippen LogP contribution in [0.3, 0.4) is 0 Å². The van der Waals surface area contributed by atoms with Gasteiger partial charge >= 0.3 is 26.5 Å². The lowest BCUT2D eigenvalue weighted by atomic mass is 9.95. The molecule has 12 heteroatoms. The molecule has 47 heavy (non-hydrogen) atoms. The highest BCUT2D eigenvalue weighted by Gasteiger charge is 2.37. The summed E-state index contributed by atoms with van der Waals surface area (Å²) in [5.41, 5.74) is 4.92. The fourth-order valence-electron chi connectivity index (χ4n) is 5.73. The second-order valence-electron chi connectivity index (χ2n) is 11.0. The van der Waals surface area contributed by atoms with E-state index in [-0.39, 0.29) is 40.7 Å². The quantitative estimate of drug-likeness (QED) is 0.116. The van der Waals surface area contributed by atoms with E-state index in [2.05, 4.69) is 0 Å². The van der Waals surface area contributed by atoms with Crippen molar-refractivity contribution in [2.24, 2.45) is 0 Å². The van der Waals surface area contributed by atoms with Gasteiger partial charge in [-0.05, 0) is 75.3 Å². The van der Waals surface area contributed by atoms with Crippen LogP contribution in [0.1, 0.15) is 44.6 Å². The average Bonchev–Trinajstić information content (AvgIpc) is 3.61. The van der Waals surface area contributed by atoms with Crippen molar-refractivity contribution in [3.8, 4) is 28.0 Å². The standard InChI is InChI=1S/C35H32N2O8S2/c1-3-5-16-29-28(26-14-10-7-11-15-26)18-20-32-35(29)37(47(41,42)43)34(45-32)22-24(4-2)21-33-36(46(38,39)40)30-23-27(17-19-31(30)44-33)25-12-8-6-9-13-25/h6-15,17-23H,3-5,16H2,1-2H3,(H-,38,39,40,41,42,43)/p+1. The Hall–Kier alpha value is -4.75. The van der Waals surface area contributed by atoms with Gasteiger partial charge in [0.05, 0.1) is 6.08 Å². The van der Waals surface area contributed by atoms with E-state index in [0.717, 1.165) is 33.5 Å². The summed E-state index contributed by atoms with van der Waals surface area (Å²) >= 11 is 0. The molecular formula is C35H33N2O8S2+. The van der Waals surface area contributed by atoms with Gasteiger partial charge < -0.3 is 9.15 Å². The molecule has 0 atom stereocenters. The maximum Gasteiger partial charge on any atom is 0.515 e. The fourth-order valence-corrected chi connectivity index (χ4v) is 7.19. The van der Waals surface area contributed by atoms with Crippen molar-refractivity contribution in [2.45, 2.75) is 39.5 Å². The van der Waals surface area contributed by atoms with Gasteiger partial charge in [-0.3, -0.25) is 4.55 Å². The first-order valence-electron chi connectivity index (χ1n) is 15.1. The normalized spacial score (nSPS) is 14.5. The Kier molecular flexibility index (Phi) is 8.77. The largest absolute Gasteiger partial charge is 0.515 e. The third kappa shape index (κ3) is 6.45. The Labute approximate surface area is 273 Å². The van der Waals surface area contributed by atoms with Crippen LogP contribution in [0, 0.1) is 0 Å². The van der Waals surface area contributed by atoms with Crippen LogP contribution in [0.4, 0.5) is 5.69 Å². The minimum atomic E-state index is -4.87. The number of nitrogens with zero attached hydrogens (tertiary/aromatic N) is 2. The molecule has 5 aromatic rings. The minimum Gasteiger partial charge on any atom is -0.437 e. The number of hydrogen-bond donors (Lipinski definition) is 2. The minimum absolute atomic E-state index is 0.112. The number of hydrogen-bond acceptors (Lipinski definition) is 6. The second-order valence-corrected chi connectivity index (χ2v) is 13.6. The number of allylic oxidation sites excluding steroid dienone is 2. The first-order chi connectivity index (χ1) is 22.5. The molecule has 242 valence electrons. The predicted molar refractivity (Wildman–Crippen MR) is 180 cm³/mol. The van der Waals surface area contributed by atoms with Crippen LogP contribution in [-0.2, 0) is 27.0 Å². The van der Waals surface area contributed by atoms with Crippen LogP contribution in [0.2, 0.25) is 0 Å². The summed E-state index contributed by atoms with van der Waals surface area (Å²) in [4.78, 5) is 0. The number of oxazole rings is 1. The third-order valence-corrected chi connectivity index (χ3v) is 9.58. The number of aryl methyl sites for hydroxylation is 1. The summed E-state index contributed by atoms with van der Waals surface area (Å²) in [5.74, 6) is -0.209. The maximum atomic E-state index is 13.0. The van der Waals surface area contributed by atoms with Crippen LogP contribution in [0.5, 0.6) is 5.75 Å². The molecule has 1 aliphatic rings. The molecule has 0 aliphatic carbocycles. The number of rotatable bonds is 10. The average molecular weight is 674 g/mol. The summed E-state index contributed by atoms with van der Waals surface area (Å²) in [6.45, 7) is 3.81. The number of ether oxygens (including phenoxy) is 1. The molecule has 4 aromatic carbocycles. The lowest BCUT2D eigenvalue weighted by Gasteiger charge is -2.14. The van der Waals surface area contributed by atoms with Crippen LogP contribution in [-0.4, -0.2) is 25.9 Å². The van der Waals surface area contributed by atoms with Gasteiger partial charge in [0.2, 0.25) is 11.5 Å². The van der Waals surface area contributed by atoms with Crippen molar-refractivity contribution in [3.05, 3.63) is 120 Å². The molecule has 0 saturated heterocycles. The zero-order valence-corrected chi connectivity index (χ0v) is 27.3. The Morgan fingerprint density at radius 1 is 0.851 bits per heavy atom. The first kappa shape index (κ1) is 32.2. The highest BCUT2D eigenvalue weighted by molar-refractivity contribution is 7.87. The molecule has 0 amide bonds. The van der Waals surface area contributed by atoms with Crippen molar-refractivity contribution in [3.63, 3.8) is 0 Å². The Morgan fingerprint density at radius 3 is 2.15 bits per heavy atom. The van der Waals surface area contributed by atoms with E-state index in [4.69, 9.17) is 9.15 Å². The molecular weight excluding hydrogens is 641 g/mol. The number of unbranched alkanes of at least 4 members (excludes halogenated alkanes) is 1.